The van der Waals surface area contributed by atoms with E-state index in [4.69, 9.17) is 0 Å². The van der Waals surface area contributed by atoms with Gasteiger partial charge in [-0.3, -0.25) is 0 Å². The second-order valence-electron chi connectivity index (χ2n) is 4.82. The van der Waals surface area contributed by atoms with Gasteiger partial charge < -0.3 is 10.0 Å². The van der Waals surface area contributed by atoms with Gasteiger partial charge in [-0.1, -0.05) is 47.5 Å². The van der Waals surface area contributed by atoms with Crippen LogP contribution in [0.4, 0.5) is 0 Å². The Morgan fingerprint density at radius 3 is 2.00 bits per heavy atom. The summed E-state index contributed by atoms with van der Waals surface area (Å²) in [7, 11) is 0. The maximum Gasteiger partial charge on any atom is 0.0692 e. The highest BCUT2D eigenvalue weighted by Gasteiger charge is 2.16. The van der Waals surface area contributed by atoms with Crippen LogP contribution in [0.1, 0.15) is 47.5 Å². The lowest BCUT2D eigenvalue weighted by Crippen LogP contribution is -2.38. The van der Waals surface area contributed by atoms with Crippen LogP contribution in [0, 0.1) is 11.8 Å². The third-order valence-electron chi connectivity index (χ3n) is 3.46. The second kappa shape index (κ2) is 8.12. The van der Waals surface area contributed by atoms with Crippen LogP contribution >= 0.6 is 0 Å². The zero-order valence-corrected chi connectivity index (χ0v) is 11.2. The number of hydrogen-bond acceptors (Lipinski definition) is 2. The quantitative estimate of drug-likeness (QED) is 0.673. The van der Waals surface area contributed by atoms with Gasteiger partial charge in [-0.25, -0.2) is 0 Å². The van der Waals surface area contributed by atoms with Crippen molar-refractivity contribution in [3.8, 4) is 0 Å². The Kier molecular flexibility index (Phi) is 8.07. The number of rotatable bonds is 8. The normalized spacial score (nSPS) is 17.8. The summed E-state index contributed by atoms with van der Waals surface area (Å²) in [5.74, 6) is 1.14. The Bertz CT molecular complexity index is 149. The topological polar surface area (TPSA) is 23.5 Å². The summed E-state index contributed by atoms with van der Waals surface area (Å²) < 4.78 is 0. The molecular formula is C13H29NO. The molecular weight excluding hydrogens is 186 g/mol. The molecule has 0 bridgehead atoms. The molecule has 0 aliphatic rings. The number of aliphatic hydroxyl groups is 1. The minimum Gasteiger partial charge on any atom is -0.392 e. The largest absolute Gasteiger partial charge is 0.392 e. The number of nitrogens with zero attached hydrogens (tertiary/aromatic N) is 1. The van der Waals surface area contributed by atoms with Crippen molar-refractivity contribution in [2.24, 2.45) is 11.8 Å². The summed E-state index contributed by atoms with van der Waals surface area (Å²) >= 11 is 0. The molecule has 0 radical (unpaired) electrons. The van der Waals surface area contributed by atoms with Crippen LogP contribution in [0.5, 0.6) is 0 Å². The predicted molar refractivity (Wildman–Crippen MR) is 67.0 cm³/mol. The smallest absolute Gasteiger partial charge is 0.0692 e. The fraction of sp³-hybridized carbons (Fsp3) is 1.00. The Hall–Kier alpha value is -0.0800. The fourth-order valence-corrected chi connectivity index (χ4v) is 1.62. The van der Waals surface area contributed by atoms with E-state index in [-0.39, 0.29) is 6.10 Å². The Labute approximate surface area is 95.7 Å². The predicted octanol–water partition coefficient (Wildman–Crippen LogP) is 2.76. The summed E-state index contributed by atoms with van der Waals surface area (Å²) in [5, 5.41) is 9.96. The average molecular weight is 215 g/mol. The molecule has 0 heterocycles. The van der Waals surface area contributed by atoms with Crippen molar-refractivity contribution < 1.29 is 5.11 Å². The minimum atomic E-state index is -0.168. The molecule has 2 heteroatoms. The van der Waals surface area contributed by atoms with Crippen LogP contribution in [0.3, 0.4) is 0 Å². The first-order valence-electron chi connectivity index (χ1n) is 6.45. The number of hydrogen-bond donors (Lipinski definition) is 1. The van der Waals surface area contributed by atoms with Gasteiger partial charge in [-0.2, -0.15) is 0 Å². The second-order valence-corrected chi connectivity index (χ2v) is 4.82. The maximum atomic E-state index is 9.96. The third kappa shape index (κ3) is 6.16. The fourth-order valence-electron chi connectivity index (χ4n) is 1.62. The molecule has 3 unspecified atom stereocenters. The molecule has 0 saturated heterocycles. The average Bonchev–Trinajstić information content (AvgIpc) is 2.26. The first-order valence-corrected chi connectivity index (χ1v) is 6.45. The van der Waals surface area contributed by atoms with Crippen LogP contribution in [-0.2, 0) is 0 Å². The van der Waals surface area contributed by atoms with E-state index in [0.29, 0.717) is 5.92 Å². The van der Waals surface area contributed by atoms with Crippen molar-refractivity contribution in [2.45, 2.75) is 53.6 Å². The third-order valence-corrected chi connectivity index (χ3v) is 3.46. The van der Waals surface area contributed by atoms with Gasteiger partial charge in [0, 0.05) is 13.1 Å². The summed E-state index contributed by atoms with van der Waals surface area (Å²) in [6.07, 6.45) is 2.11. The van der Waals surface area contributed by atoms with Crippen LogP contribution in [0.25, 0.3) is 0 Å². The van der Waals surface area contributed by atoms with E-state index in [0.717, 1.165) is 32.0 Å². The standard InChI is InChI=1S/C13H29NO/c1-6-11(4)9-14(8-3)10-13(15)12(5)7-2/h11-13,15H,6-10H2,1-5H3. The van der Waals surface area contributed by atoms with Gasteiger partial charge in [0.25, 0.3) is 0 Å². The molecule has 0 saturated carbocycles. The van der Waals surface area contributed by atoms with Gasteiger partial charge in [0.05, 0.1) is 6.10 Å². The molecule has 92 valence electrons. The first kappa shape index (κ1) is 14.9. The molecule has 0 aliphatic heterocycles. The van der Waals surface area contributed by atoms with E-state index >= 15 is 0 Å². The van der Waals surface area contributed by atoms with Crippen molar-refractivity contribution in [1.29, 1.82) is 0 Å². The Balaban J connectivity index is 3.97. The molecule has 0 aromatic rings. The SMILES string of the molecule is CCC(C)CN(CC)CC(O)C(C)CC. The van der Waals surface area contributed by atoms with Crippen LogP contribution in [0.2, 0.25) is 0 Å². The molecule has 0 fully saturated rings. The van der Waals surface area contributed by atoms with E-state index in [2.05, 4.69) is 39.5 Å². The van der Waals surface area contributed by atoms with E-state index in [1.165, 1.54) is 6.42 Å². The van der Waals surface area contributed by atoms with E-state index < -0.39 is 0 Å². The molecule has 0 aromatic heterocycles. The summed E-state index contributed by atoms with van der Waals surface area (Å²) in [6.45, 7) is 13.9. The van der Waals surface area contributed by atoms with Crippen LogP contribution < -0.4 is 0 Å². The highest BCUT2D eigenvalue weighted by Crippen LogP contribution is 2.11. The Morgan fingerprint density at radius 2 is 1.60 bits per heavy atom. The molecule has 0 aliphatic carbocycles. The van der Waals surface area contributed by atoms with E-state index in [1.807, 2.05) is 0 Å². The summed E-state index contributed by atoms with van der Waals surface area (Å²) in [4.78, 5) is 2.37. The van der Waals surface area contributed by atoms with Gasteiger partial charge in [-0.05, 0) is 18.4 Å². The molecule has 2 nitrogen and oxygen atoms in total. The lowest BCUT2D eigenvalue weighted by Gasteiger charge is -2.28. The van der Waals surface area contributed by atoms with Crippen molar-refractivity contribution in [3.63, 3.8) is 0 Å². The Morgan fingerprint density at radius 1 is 1.00 bits per heavy atom. The summed E-state index contributed by atoms with van der Waals surface area (Å²) in [5.41, 5.74) is 0. The van der Waals surface area contributed by atoms with Crippen molar-refractivity contribution in [2.75, 3.05) is 19.6 Å². The van der Waals surface area contributed by atoms with Crippen molar-refractivity contribution >= 4 is 0 Å². The highest BCUT2D eigenvalue weighted by molar-refractivity contribution is 4.69. The van der Waals surface area contributed by atoms with Crippen LogP contribution in [-0.4, -0.2) is 35.7 Å². The van der Waals surface area contributed by atoms with Gasteiger partial charge in [-0.15, -0.1) is 0 Å². The monoisotopic (exact) mass is 215 g/mol. The minimum absolute atomic E-state index is 0.168. The zero-order chi connectivity index (χ0) is 11.8. The molecule has 3 atom stereocenters. The number of likely N-dealkylation sites (N-methyl/N-ethyl adjacent to an activating group) is 1. The lowest BCUT2D eigenvalue weighted by molar-refractivity contribution is 0.0650. The van der Waals surface area contributed by atoms with E-state index in [9.17, 15) is 5.11 Å². The van der Waals surface area contributed by atoms with Crippen molar-refractivity contribution in [1.82, 2.24) is 4.90 Å². The van der Waals surface area contributed by atoms with Gasteiger partial charge in [0.1, 0.15) is 0 Å². The maximum absolute atomic E-state index is 9.96. The van der Waals surface area contributed by atoms with Gasteiger partial charge in [0.2, 0.25) is 0 Å². The highest BCUT2D eigenvalue weighted by atomic mass is 16.3. The number of aliphatic hydroxyl groups excluding tert-OH is 1. The molecule has 0 aromatic carbocycles. The van der Waals surface area contributed by atoms with Crippen LogP contribution in [0.15, 0.2) is 0 Å². The molecule has 1 N–H and O–H groups in total. The van der Waals surface area contributed by atoms with Crippen molar-refractivity contribution in [3.05, 3.63) is 0 Å². The van der Waals surface area contributed by atoms with E-state index in [1.54, 1.807) is 0 Å². The molecule has 0 spiro atoms. The molecule has 15 heavy (non-hydrogen) atoms. The zero-order valence-electron chi connectivity index (χ0n) is 11.2. The van der Waals surface area contributed by atoms with Gasteiger partial charge >= 0.3 is 0 Å². The summed E-state index contributed by atoms with van der Waals surface area (Å²) in [6, 6.07) is 0. The lowest BCUT2D eigenvalue weighted by atomic mass is 10.0. The van der Waals surface area contributed by atoms with Gasteiger partial charge in [0.15, 0.2) is 0 Å². The molecule has 0 amide bonds. The first-order chi connectivity index (χ1) is 7.04. The molecule has 0 rings (SSSR count).